The minimum absolute atomic E-state index is 0.0545. The average Bonchev–Trinajstić information content (AvgIpc) is 3.15. The molecule has 4 aromatic rings. The summed E-state index contributed by atoms with van der Waals surface area (Å²) < 4.78 is 3.39. The van der Waals surface area contributed by atoms with E-state index in [1.165, 1.54) is 11.8 Å². The highest BCUT2D eigenvalue weighted by Gasteiger charge is 2.18. The predicted octanol–water partition coefficient (Wildman–Crippen LogP) is 2.90. The Morgan fingerprint density at radius 1 is 1.07 bits per heavy atom. The van der Waals surface area contributed by atoms with Crippen molar-refractivity contribution >= 4 is 34.3 Å². The fourth-order valence-electron chi connectivity index (χ4n) is 3.08. The van der Waals surface area contributed by atoms with E-state index >= 15 is 0 Å². The first-order valence-corrected chi connectivity index (χ1v) is 10.4. The minimum atomic E-state index is -0.155. The number of nitrogens with one attached hydrogen (secondary N) is 1. The van der Waals surface area contributed by atoms with Crippen LogP contribution in [-0.2, 0) is 4.79 Å². The number of thioether (sulfide) groups is 1. The van der Waals surface area contributed by atoms with E-state index in [9.17, 15) is 9.59 Å². The van der Waals surface area contributed by atoms with Gasteiger partial charge in [-0.3, -0.25) is 14.0 Å². The number of carbonyl (C=O) groups excluding carboxylic acids is 1. The molecular formula is C21H21N5O2S. The lowest BCUT2D eigenvalue weighted by molar-refractivity contribution is -0.118. The van der Waals surface area contributed by atoms with E-state index in [4.69, 9.17) is 0 Å². The van der Waals surface area contributed by atoms with Crippen LogP contribution < -0.4 is 10.9 Å². The second kappa shape index (κ2) is 8.08. The standard InChI is InChI=1S/C21H21N5O2S/c1-14(2)12-22-18(27)13-29-21-24-23-20-25(15-8-4-3-5-9-15)19(28)16-10-6-7-11-17(16)26(20)21/h3-11,14H,12-13H2,1-2H3,(H,22,27). The number of rotatable bonds is 6. The smallest absolute Gasteiger partial charge is 0.267 e. The zero-order valence-corrected chi connectivity index (χ0v) is 17.0. The number of para-hydroxylation sites is 2. The normalized spacial score (nSPS) is 11.4. The van der Waals surface area contributed by atoms with E-state index in [2.05, 4.69) is 29.4 Å². The van der Waals surface area contributed by atoms with Crippen molar-refractivity contribution in [2.45, 2.75) is 19.0 Å². The summed E-state index contributed by atoms with van der Waals surface area (Å²) in [6, 6.07) is 16.7. The van der Waals surface area contributed by atoms with Gasteiger partial charge in [-0.1, -0.05) is 55.9 Å². The van der Waals surface area contributed by atoms with Gasteiger partial charge in [0.05, 0.1) is 22.3 Å². The van der Waals surface area contributed by atoms with Gasteiger partial charge in [0.15, 0.2) is 5.16 Å². The highest BCUT2D eigenvalue weighted by Crippen LogP contribution is 2.23. The van der Waals surface area contributed by atoms with E-state index in [0.717, 1.165) is 5.52 Å². The summed E-state index contributed by atoms with van der Waals surface area (Å²) in [4.78, 5) is 25.3. The van der Waals surface area contributed by atoms with E-state index in [0.29, 0.717) is 34.5 Å². The zero-order valence-electron chi connectivity index (χ0n) is 16.2. The molecule has 0 bridgehead atoms. The molecule has 8 heteroatoms. The number of benzene rings is 2. The van der Waals surface area contributed by atoms with Gasteiger partial charge in [0.25, 0.3) is 5.56 Å². The van der Waals surface area contributed by atoms with Gasteiger partial charge in [-0.05, 0) is 30.2 Å². The minimum Gasteiger partial charge on any atom is -0.355 e. The van der Waals surface area contributed by atoms with Crippen LogP contribution in [0.4, 0.5) is 0 Å². The molecular weight excluding hydrogens is 386 g/mol. The first-order valence-electron chi connectivity index (χ1n) is 9.40. The Balaban J connectivity index is 1.81. The molecule has 0 saturated carbocycles. The maximum atomic E-state index is 13.2. The van der Waals surface area contributed by atoms with Crippen molar-refractivity contribution in [3.05, 3.63) is 65.0 Å². The van der Waals surface area contributed by atoms with Crippen LogP contribution in [0.5, 0.6) is 0 Å². The van der Waals surface area contributed by atoms with Crippen molar-refractivity contribution in [1.82, 2.24) is 24.5 Å². The first kappa shape index (κ1) is 19.2. The molecule has 2 heterocycles. The van der Waals surface area contributed by atoms with Crippen LogP contribution in [0.1, 0.15) is 13.8 Å². The number of nitrogens with zero attached hydrogens (tertiary/aromatic N) is 4. The Bertz CT molecular complexity index is 1230. The Labute approximate surface area is 171 Å². The van der Waals surface area contributed by atoms with Crippen LogP contribution in [-0.4, -0.2) is 37.4 Å². The molecule has 0 atom stereocenters. The highest BCUT2D eigenvalue weighted by atomic mass is 32.2. The molecule has 1 amide bonds. The van der Waals surface area contributed by atoms with Gasteiger partial charge in [-0.15, -0.1) is 10.2 Å². The quantitative estimate of drug-likeness (QED) is 0.497. The van der Waals surface area contributed by atoms with Crippen molar-refractivity contribution in [2.24, 2.45) is 5.92 Å². The third kappa shape index (κ3) is 3.75. The molecule has 0 spiro atoms. The Kier molecular flexibility index (Phi) is 5.35. The Hall–Kier alpha value is -3.13. The van der Waals surface area contributed by atoms with E-state index in [1.807, 2.05) is 52.9 Å². The predicted molar refractivity (Wildman–Crippen MR) is 115 cm³/mol. The van der Waals surface area contributed by atoms with E-state index < -0.39 is 0 Å². The van der Waals surface area contributed by atoms with Gasteiger partial charge in [0, 0.05) is 6.54 Å². The van der Waals surface area contributed by atoms with Crippen LogP contribution in [0.25, 0.3) is 22.4 Å². The fraction of sp³-hybridized carbons (Fsp3) is 0.238. The summed E-state index contributed by atoms with van der Waals surface area (Å²) in [5.41, 5.74) is 1.28. The summed E-state index contributed by atoms with van der Waals surface area (Å²) in [5.74, 6) is 0.986. The van der Waals surface area contributed by atoms with Gasteiger partial charge < -0.3 is 5.32 Å². The van der Waals surface area contributed by atoms with Crippen LogP contribution in [0.15, 0.2) is 64.5 Å². The molecule has 0 fully saturated rings. The molecule has 0 aliphatic carbocycles. The number of fused-ring (bicyclic) bond motifs is 3. The molecule has 29 heavy (non-hydrogen) atoms. The van der Waals surface area contributed by atoms with E-state index in [1.54, 1.807) is 10.6 Å². The van der Waals surface area contributed by atoms with Crippen molar-refractivity contribution in [2.75, 3.05) is 12.3 Å². The lowest BCUT2D eigenvalue weighted by atomic mass is 10.2. The molecule has 0 unspecified atom stereocenters. The third-order valence-corrected chi connectivity index (χ3v) is 5.38. The van der Waals surface area contributed by atoms with Gasteiger partial charge >= 0.3 is 0 Å². The van der Waals surface area contributed by atoms with Crippen molar-refractivity contribution < 1.29 is 4.79 Å². The number of amides is 1. The van der Waals surface area contributed by atoms with Crippen molar-refractivity contribution in [3.8, 4) is 5.69 Å². The fourth-order valence-corrected chi connectivity index (χ4v) is 3.85. The highest BCUT2D eigenvalue weighted by molar-refractivity contribution is 7.99. The van der Waals surface area contributed by atoms with Crippen LogP contribution in [0.2, 0.25) is 0 Å². The number of hydrogen-bond donors (Lipinski definition) is 1. The molecule has 0 radical (unpaired) electrons. The molecule has 7 nitrogen and oxygen atoms in total. The van der Waals surface area contributed by atoms with Crippen molar-refractivity contribution in [3.63, 3.8) is 0 Å². The molecule has 1 N–H and O–H groups in total. The topological polar surface area (TPSA) is 81.3 Å². The second-order valence-electron chi connectivity index (χ2n) is 7.10. The zero-order chi connectivity index (χ0) is 20.4. The van der Waals surface area contributed by atoms with Gasteiger partial charge in [0.1, 0.15) is 0 Å². The van der Waals surface area contributed by atoms with E-state index in [-0.39, 0.29) is 17.2 Å². The molecule has 2 aromatic carbocycles. The summed E-state index contributed by atoms with van der Waals surface area (Å²) in [6.45, 7) is 4.74. The molecule has 0 aliphatic heterocycles. The average molecular weight is 407 g/mol. The molecule has 0 aliphatic rings. The SMILES string of the molecule is CC(C)CNC(=O)CSc1nnc2n(-c3ccccc3)c(=O)c3ccccc3n12. The summed E-state index contributed by atoms with van der Waals surface area (Å²) in [7, 11) is 0. The lowest BCUT2D eigenvalue weighted by Gasteiger charge is -2.11. The van der Waals surface area contributed by atoms with Gasteiger partial charge in [-0.25, -0.2) is 4.57 Å². The van der Waals surface area contributed by atoms with Crippen LogP contribution in [0.3, 0.4) is 0 Å². The number of aromatic nitrogens is 4. The summed E-state index contributed by atoms with van der Waals surface area (Å²) in [6.07, 6.45) is 0. The molecule has 148 valence electrons. The van der Waals surface area contributed by atoms with Crippen LogP contribution >= 0.6 is 11.8 Å². The summed E-state index contributed by atoms with van der Waals surface area (Å²) in [5, 5.41) is 12.6. The lowest BCUT2D eigenvalue weighted by Crippen LogP contribution is -2.28. The maximum Gasteiger partial charge on any atom is 0.267 e. The van der Waals surface area contributed by atoms with Gasteiger partial charge in [0.2, 0.25) is 11.7 Å². The summed E-state index contributed by atoms with van der Waals surface area (Å²) >= 11 is 1.30. The third-order valence-electron chi connectivity index (χ3n) is 4.45. The number of carbonyl (C=O) groups is 1. The largest absolute Gasteiger partial charge is 0.355 e. The molecule has 2 aromatic heterocycles. The monoisotopic (exact) mass is 407 g/mol. The molecule has 0 saturated heterocycles. The first-order chi connectivity index (χ1) is 14.1. The van der Waals surface area contributed by atoms with Crippen molar-refractivity contribution in [1.29, 1.82) is 0 Å². The molecule has 4 rings (SSSR count). The van der Waals surface area contributed by atoms with Crippen LogP contribution in [0, 0.1) is 5.92 Å². The Morgan fingerprint density at radius 3 is 2.55 bits per heavy atom. The second-order valence-corrected chi connectivity index (χ2v) is 8.04. The van der Waals surface area contributed by atoms with Gasteiger partial charge in [-0.2, -0.15) is 0 Å². The Morgan fingerprint density at radius 2 is 1.79 bits per heavy atom. The number of hydrogen-bond acceptors (Lipinski definition) is 5. The maximum absolute atomic E-state index is 13.2.